The number of carbonyl (C=O) groups is 1. The van der Waals surface area contributed by atoms with Gasteiger partial charge in [-0.3, -0.25) is 10.0 Å². The van der Waals surface area contributed by atoms with E-state index in [2.05, 4.69) is 34.5 Å². The first-order valence-electron chi connectivity index (χ1n) is 13.2. The van der Waals surface area contributed by atoms with E-state index in [0.717, 1.165) is 34.6 Å². The topological polar surface area (TPSA) is 75.1 Å². The molecule has 2 aliphatic heterocycles. The number of aromatic nitrogens is 1. The molecule has 2 aromatic rings. The molecule has 4 rings (SSSR count). The van der Waals surface area contributed by atoms with Crippen molar-refractivity contribution in [2.75, 3.05) is 44.9 Å². The predicted octanol–water partition coefficient (Wildman–Crippen LogP) is 6.14. The molecule has 206 valence electrons. The number of ether oxygens (including phenoxy) is 2. The summed E-state index contributed by atoms with van der Waals surface area (Å²) in [5.74, 6) is -0.736. The molecule has 1 aromatic carbocycles. The maximum absolute atomic E-state index is 13.2. The van der Waals surface area contributed by atoms with Crippen LogP contribution in [0.5, 0.6) is 0 Å². The zero-order valence-electron chi connectivity index (χ0n) is 23.5. The van der Waals surface area contributed by atoms with Crippen LogP contribution in [0.15, 0.2) is 36.5 Å². The van der Waals surface area contributed by atoms with E-state index in [0.29, 0.717) is 43.5 Å². The molecule has 37 heavy (non-hydrogen) atoms. The predicted molar refractivity (Wildman–Crippen MR) is 148 cm³/mol. The second-order valence-electron chi connectivity index (χ2n) is 8.18. The Morgan fingerprint density at radius 3 is 2.27 bits per heavy atom. The molecule has 0 atom stereocenters. The second-order valence-corrected chi connectivity index (χ2v) is 8.18. The highest BCUT2D eigenvalue weighted by atomic mass is 19.1. The van der Waals surface area contributed by atoms with Gasteiger partial charge in [0.1, 0.15) is 11.5 Å². The van der Waals surface area contributed by atoms with Gasteiger partial charge in [0.25, 0.3) is 5.91 Å². The molecule has 1 N–H and O–H groups in total. The maximum atomic E-state index is 13.2. The number of benzene rings is 1. The molecule has 1 aromatic heterocycles. The minimum Gasteiger partial charge on any atom is -0.385 e. The van der Waals surface area contributed by atoms with Crippen molar-refractivity contribution in [3.8, 4) is 0 Å². The number of amides is 1. The van der Waals surface area contributed by atoms with Crippen LogP contribution in [0.2, 0.25) is 0 Å². The molecule has 0 saturated heterocycles. The summed E-state index contributed by atoms with van der Waals surface area (Å²) < 4.78 is 23.4. The van der Waals surface area contributed by atoms with Gasteiger partial charge in [0.15, 0.2) is 0 Å². The summed E-state index contributed by atoms with van der Waals surface area (Å²) >= 11 is 0. The largest absolute Gasteiger partial charge is 0.385 e. The Kier molecular flexibility index (Phi) is 15.3. The molecule has 0 fully saturated rings. The lowest BCUT2D eigenvalue weighted by atomic mass is 9.90. The fraction of sp³-hybridized carbons (Fsp3) is 0.517. The average molecular weight is 518 g/mol. The zero-order chi connectivity index (χ0) is 27.8. The van der Waals surface area contributed by atoms with E-state index in [-0.39, 0.29) is 12.4 Å². The maximum Gasteiger partial charge on any atom is 0.296 e. The number of rotatable bonds is 6. The first-order chi connectivity index (χ1) is 17.9. The van der Waals surface area contributed by atoms with Crippen LogP contribution in [0.25, 0.3) is 5.57 Å². The van der Waals surface area contributed by atoms with E-state index >= 15 is 0 Å². The van der Waals surface area contributed by atoms with Gasteiger partial charge < -0.3 is 14.4 Å². The smallest absolute Gasteiger partial charge is 0.296 e. The Morgan fingerprint density at radius 1 is 1.08 bits per heavy atom. The summed E-state index contributed by atoms with van der Waals surface area (Å²) in [6.07, 6.45) is 5.58. The number of hydrogen-bond donors (Lipinski definition) is 1. The number of methoxy groups -OCH3 is 1. The molecule has 8 heteroatoms. The van der Waals surface area contributed by atoms with E-state index < -0.39 is 5.91 Å². The van der Waals surface area contributed by atoms with Gasteiger partial charge in [-0.25, -0.2) is 14.4 Å². The van der Waals surface area contributed by atoms with E-state index in [4.69, 9.17) is 4.74 Å². The summed E-state index contributed by atoms with van der Waals surface area (Å²) in [5, 5.41) is 10.5. The zero-order valence-corrected chi connectivity index (χ0v) is 23.5. The minimum atomic E-state index is -0.476. The lowest BCUT2D eigenvalue weighted by Gasteiger charge is -2.34. The van der Waals surface area contributed by atoms with E-state index in [9.17, 15) is 14.4 Å². The Balaban J connectivity index is 0.000000670. The first-order valence-corrected chi connectivity index (χ1v) is 13.2. The Labute approximate surface area is 221 Å². The van der Waals surface area contributed by atoms with Gasteiger partial charge in [-0.2, -0.15) is 0 Å². The van der Waals surface area contributed by atoms with E-state index in [1.165, 1.54) is 18.6 Å². The third kappa shape index (κ3) is 9.22. The van der Waals surface area contributed by atoms with Crippen molar-refractivity contribution in [2.24, 2.45) is 0 Å². The number of anilines is 1. The second kappa shape index (κ2) is 17.6. The van der Waals surface area contributed by atoms with Crippen LogP contribution < -0.4 is 4.90 Å². The number of hydrogen-bond acceptors (Lipinski definition) is 6. The number of nitrogens with zero attached hydrogens (tertiary/aromatic N) is 3. The number of carbonyl (C=O) groups excluding carboxylic acids is 1. The van der Waals surface area contributed by atoms with E-state index in [1.54, 1.807) is 25.4 Å². The molecule has 0 saturated carbocycles. The quantitative estimate of drug-likeness (QED) is 0.464. The standard InChI is InChI=1S/C21H22FN3O3.C3H8O.C3H8.C2H6/c1-2-28-13-15-7-9-24(12-14-3-5-16(22)6-4-14)18-11-23-20-17(19(15)18)8-10-25(27)21(20)26;1-3-4-2;1-3-2;1-2/h3-7,11,27H,2,8-10,12-13H2,1H3;3H2,1-2H3;3H2,1-2H3;1-2H3. The van der Waals surface area contributed by atoms with Crippen molar-refractivity contribution in [1.29, 1.82) is 0 Å². The summed E-state index contributed by atoms with van der Waals surface area (Å²) in [5.41, 5.74) is 5.06. The molecule has 3 heterocycles. The van der Waals surface area contributed by atoms with Crippen LogP contribution in [0.3, 0.4) is 0 Å². The van der Waals surface area contributed by atoms with Crippen molar-refractivity contribution in [3.63, 3.8) is 0 Å². The van der Waals surface area contributed by atoms with Gasteiger partial charge in [0, 0.05) is 39.0 Å². The highest BCUT2D eigenvalue weighted by Crippen LogP contribution is 2.37. The van der Waals surface area contributed by atoms with Crippen LogP contribution in [0, 0.1) is 5.82 Å². The van der Waals surface area contributed by atoms with Crippen molar-refractivity contribution in [1.82, 2.24) is 10.0 Å². The SMILES string of the molecule is CC.CCC.CCOC.CCOCC1=CCN(Cc2ccc(F)cc2)c2cnc3c(c21)CCN(O)C3=O. The first kappa shape index (κ1) is 32.2. The van der Waals surface area contributed by atoms with Crippen LogP contribution in [-0.2, 0) is 22.4 Å². The molecule has 1 amide bonds. The summed E-state index contributed by atoms with van der Waals surface area (Å²) in [4.78, 5) is 18.9. The number of pyridine rings is 1. The molecule has 0 aliphatic carbocycles. The lowest BCUT2D eigenvalue weighted by Crippen LogP contribution is -2.37. The van der Waals surface area contributed by atoms with Crippen molar-refractivity contribution in [2.45, 2.75) is 60.9 Å². The van der Waals surface area contributed by atoms with Gasteiger partial charge in [-0.05, 0) is 49.1 Å². The third-order valence-corrected chi connectivity index (χ3v) is 5.43. The minimum absolute atomic E-state index is 0.240. The van der Waals surface area contributed by atoms with Crippen molar-refractivity contribution < 1.29 is 23.9 Å². The Hall–Kier alpha value is -2.81. The molecule has 7 nitrogen and oxygen atoms in total. The molecule has 2 aliphatic rings. The molecular weight excluding hydrogens is 473 g/mol. The summed E-state index contributed by atoms with van der Waals surface area (Å²) in [6.45, 7) is 15.5. The molecule has 0 radical (unpaired) electrons. The number of fused-ring (bicyclic) bond motifs is 3. The number of hydroxylamine groups is 2. The fourth-order valence-corrected chi connectivity index (χ4v) is 3.73. The monoisotopic (exact) mass is 517 g/mol. The van der Waals surface area contributed by atoms with Crippen LogP contribution in [0.4, 0.5) is 10.1 Å². The molecule has 0 spiro atoms. The summed E-state index contributed by atoms with van der Waals surface area (Å²) in [6, 6.07) is 6.45. The lowest BCUT2D eigenvalue weighted by molar-refractivity contribution is -0.0607. The van der Waals surface area contributed by atoms with Gasteiger partial charge in [-0.1, -0.05) is 52.3 Å². The highest BCUT2D eigenvalue weighted by molar-refractivity contribution is 5.97. The van der Waals surface area contributed by atoms with Gasteiger partial charge in [-0.15, -0.1) is 0 Å². The van der Waals surface area contributed by atoms with Crippen molar-refractivity contribution >= 4 is 17.2 Å². The molecular formula is C29H44FN3O4. The number of halogens is 1. The van der Waals surface area contributed by atoms with E-state index in [1.807, 2.05) is 27.7 Å². The molecule has 0 unspecified atom stereocenters. The molecule has 0 bridgehead atoms. The van der Waals surface area contributed by atoms with Crippen LogP contribution >= 0.6 is 0 Å². The average Bonchev–Trinajstić information content (AvgIpc) is 2.93. The Bertz CT molecular complexity index is 978. The normalized spacial score (nSPS) is 13.5. The van der Waals surface area contributed by atoms with Crippen molar-refractivity contribution in [3.05, 3.63) is 64.7 Å². The van der Waals surface area contributed by atoms with Crippen LogP contribution in [-0.4, -0.2) is 61.2 Å². The van der Waals surface area contributed by atoms with Gasteiger partial charge in [0.05, 0.1) is 25.0 Å². The Morgan fingerprint density at radius 2 is 1.70 bits per heavy atom. The van der Waals surface area contributed by atoms with Gasteiger partial charge >= 0.3 is 0 Å². The summed E-state index contributed by atoms with van der Waals surface area (Å²) in [7, 11) is 1.68. The van der Waals surface area contributed by atoms with Gasteiger partial charge in [0.2, 0.25) is 0 Å². The fourth-order valence-electron chi connectivity index (χ4n) is 3.73. The highest BCUT2D eigenvalue weighted by Gasteiger charge is 2.31. The third-order valence-electron chi connectivity index (χ3n) is 5.43. The van der Waals surface area contributed by atoms with Crippen LogP contribution in [0.1, 0.15) is 75.1 Å².